The Morgan fingerprint density at radius 2 is 1.83 bits per heavy atom. The zero-order valence-corrected chi connectivity index (χ0v) is 29.0. The van der Waals surface area contributed by atoms with Gasteiger partial charge in [-0.05, 0) is 80.1 Å². The van der Waals surface area contributed by atoms with Gasteiger partial charge in [0.2, 0.25) is 5.91 Å². The summed E-state index contributed by atoms with van der Waals surface area (Å²) in [7, 11) is 2.62. The van der Waals surface area contributed by atoms with Crippen molar-refractivity contribution in [3.05, 3.63) is 53.1 Å². The van der Waals surface area contributed by atoms with Crippen LogP contribution in [0.2, 0.25) is 0 Å². The maximum Gasteiger partial charge on any atom is 0.303 e. The number of hydrogen-bond acceptors (Lipinski definition) is 6. The number of hydrogen-bond donors (Lipinski definition) is 1. The van der Waals surface area contributed by atoms with Crippen molar-refractivity contribution in [2.75, 3.05) is 47.9 Å². The Kier molecular flexibility index (Phi) is 8.16. The first-order valence-electron chi connectivity index (χ1n) is 17.1. The first-order chi connectivity index (χ1) is 22.5. The third-order valence-corrected chi connectivity index (χ3v) is 12.7. The van der Waals surface area contributed by atoms with Crippen molar-refractivity contribution in [3.63, 3.8) is 0 Å². The zero-order chi connectivity index (χ0) is 33.2. The molecule has 4 aliphatic rings. The second-order valence-electron chi connectivity index (χ2n) is 14.3. The second kappa shape index (κ2) is 11.9. The summed E-state index contributed by atoms with van der Waals surface area (Å²) in [5.41, 5.74) is 5.25. The van der Waals surface area contributed by atoms with Gasteiger partial charge in [-0.15, -0.1) is 0 Å². The van der Waals surface area contributed by atoms with E-state index in [0.29, 0.717) is 19.0 Å². The number of benzene rings is 2. The number of aromatic nitrogens is 1. The Balaban J connectivity index is 1.43. The van der Waals surface area contributed by atoms with Crippen molar-refractivity contribution in [2.24, 2.45) is 5.41 Å². The van der Waals surface area contributed by atoms with E-state index < -0.39 is 21.5 Å². The molecule has 3 atom stereocenters. The fraction of sp³-hybridized carbons (Fsp3) is 0.556. The molecule has 11 heteroatoms. The first-order valence-corrected chi connectivity index (χ1v) is 18.5. The molecule has 1 N–H and O–H groups in total. The SMILES string of the molecule is CC[C@@H]1CN(C)CCN1C(=O)[C@]12C[C@H]1c1cc(OC)ccc1-c1c(C3CCCCC3)c3ccc(C(=O)NS(=O)(=O)N(C)C)cc3n1C2. The summed E-state index contributed by atoms with van der Waals surface area (Å²) >= 11 is 0. The Hall–Kier alpha value is -3.41. The third-order valence-electron chi connectivity index (χ3n) is 11.3. The molecule has 3 aromatic rings. The molecule has 2 aromatic carbocycles. The Morgan fingerprint density at radius 3 is 2.53 bits per heavy atom. The van der Waals surface area contributed by atoms with E-state index in [2.05, 4.69) is 45.2 Å². The van der Waals surface area contributed by atoms with Gasteiger partial charge < -0.3 is 19.1 Å². The highest BCUT2D eigenvalue weighted by atomic mass is 32.2. The summed E-state index contributed by atoms with van der Waals surface area (Å²) in [5, 5.41) is 1.08. The Bertz CT molecular complexity index is 1850. The molecule has 2 aliphatic heterocycles. The molecule has 0 spiro atoms. The van der Waals surface area contributed by atoms with Gasteiger partial charge in [-0.2, -0.15) is 12.7 Å². The van der Waals surface area contributed by atoms with Crippen LogP contribution in [0.4, 0.5) is 0 Å². The number of carbonyl (C=O) groups excluding carboxylic acids is 2. The summed E-state index contributed by atoms with van der Waals surface area (Å²) in [6.07, 6.45) is 7.41. The van der Waals surface area contributed by atoms with E-state index in [1.54, 1.807) is 13.2 Å². The van der Waals surface area contributed by atoms with Crippen molar-refractivity contribution >= 4 is 32.9 Å². The number of nitrogens with zero attached hydrogens (tertiary/aromatic N) is 4. The predicted molar refractivity (Wildman–Crippen MR) is 183 cm³/mol. The molecule has 1 aromatic heterocycles. The highest BCUT2D eigenvalue weighted by Gasteiger charge is 2.64. The second-order valence-corrected chi connectivity index (χ2v) is 16.2. The molecule has 0 bridgehead atoms. The number of carbonyl (C=O) groups is 2. The highest BCUT2D eigenvalue weighted by Crippen LogP contribution is 2.66. The fourth-order valence-electron chi connectivity index (χ4n) is 8.60. The van der Waals surface area contributed by atoms with Crippen LogP contribution in [0.15, 0.2) is 36.4 Å². The standard InChI is InChI=1S/C36H47N5O5S/c1-6-25-21-39(4)16-17-40(25)35(43)36-20-30(36)29-19-26(46-5)13-15-27(29)33-32(23-10-8-7-9-11-23)28-14-12-24(18-31(28)41(33)22-36)34(42)37-47(44,45)38(2)3/h12-15,18-19,23,25,30H,6-11,16-17,20-22H2,1-5H3,(H,37,42)/t25-,30+,36+/m1/s1. The number of likely N-dealkylation sites (N-methyl/N-ethyl adjacent to an activating group) is 1. The Labute approximate surface area is 278 Å². The summed E-state index contributed by atoms with van der Waals surface area (Å²) in [5.74, 6) is 0.744. The molecule has 2 aliphatic carbocycles. The van der Waals surface area contributed by atoms with Crippen molar-refractivity contribution < 1.29 is 22.7 Å². The van der Waals surface area contributed by atoms with Crippen LogP contribution >= 0.6 is 0 Å². The van der Waals surface area contributed by atoms with Crippen LogP contribution in [-0.2, 0) is 21.5 Å². The van der Waals surface area contributed by atoms with E-state index in [-0.39, 0.29) is 23.4 Å². The number of amides is 2. The summed E-state index contributed by atoms with van der Waals surface area (Å²) < 4.78 is 36.4. The minimum atomic E-state index is -3.97. The van der Waals surface area contributed by atoms with Gasteiger partial charge in [0.25, 0.3) is 5.91 Å². The van der Waals surface area contributed by atoms with Crippen molar-refractivity contribution in [1.29, 1.82) is 0 Å². The van der Waals surface area contributed by atoms with E-state index in [9.17, 15) is 18.0 Å². The lowest BCUT2D eigenvalue weighted by atomic mass is 9.81. The van der Waals surface area contributed by atoms with Gasteiger partial charge in [-0.1, -0.05) is 32.3 Å². The Morgan fingerprint density at radius 1 is 1.06 bits per heavy atom. The molecular formula is C36H47N5O5S. The smallest absolute Gasteiger partial charge is 0.303 e. The van der Waals surface area contributed by atoms with Crippen LogP contribution in [0.3, 0.4) is 0 Å². The quantitative estimate of drug-likeness (QED) is 0.385. The molecule has 10 nitrogen and oxygen atoms in total. The molecule has 2 saturated carbocycles. The van der Waals surface area contributed by atoms with E-state index in [1.807, 2.05) is 18.2 Å². The van der Waals surface area contributed by atoms with Crippen LogP contribution in [0, 0.1) is 5.41 Å². The van der Waals surface area contributed by atoms with Gasteiger partial charge in [-0.25, -0.2) is 4.72 Å². The third kappa shape index (κ3) is 5.34. The lowest BCUT2D eigenvalue weighted by Crippen LogP contribution is -2.56. The van der Waals surface area contributed by atoms with E-state index in [4.69, 9.17) is 4.74 Å². The molecule has 252 valence electrons. The highest BCUT2D eigenvalue weighted by molar-refractivity contribution is 7.87. The van der Waals surface area contributed by atoms with Crippen LogP contribution in [0.25, 0.3) is 22.2 Å². The fourth-order valence-corrected chi connectivity index (χ4v) is 9.14. The molecule has 0 radical (unpaired) electrons. The van der Waals surface area contributed by atoms with E-state index in [0.717, 1.165) is 76.6 Å². The first kappa shape index (κ1) is 32.2. The minimum absolute atomic E-state index is 0.0585. The van der Waals surface area contributed by atoms with Crippen LogP contribution in [-0.4, -0.2) is 92.8 Å². The van der Waals surface area contributed by atoms with Crippen LogP contribution in [0.1, 0.15) is 85.2 Å². The number of fused-ring (bicyclic) bond motifs is 7. The van der Waals surface area contributed by atoms with E-state index >= 15 is 0 Å². The van der Waals surface area contributed by atoms with Gasteiger partial charge >= 0.3 is 10.2 Å². The number of nitrogens with one attached hydrogen (secondary N) is 1. The average Bonchev–Trinajstić information content (AvgIpc) is 3.74. The predicted octanol–water partition coefficient (Wildman–Crippen LogP) is 4.94. The topological polar surface area (TPSA) is 104 Å². The summed E-state index contributed by atoms with van der Waals surface area (Å²) in [6, 6.07) is 12.0. The van der Waals surface area contributed by atoms with Crippen molar-refractivity contribution in [3.8, 4) is 17.0 Å². The molecule has 0 unspecified atom stereocenters. The van der Waals surface area contributed by atoms with Gasteiger partial charge in [0, 0.05) is 74.3 Å². The van der Waals surface area contributed by atoms with Crippen molar-refractivity contribution in [1.82, 2.24) is 23.4 Å². The van der Waals surface area contributed by atoms with Gasteiger partial charge in [0.1, 0.15) is 5.75 Å². The zero-order valence-electron chi connectivity index (χ0n) is 28.2. The maximum atomic E-state index is 14.9. The van der Waals surface area contributed by atoms with Crippen LogP contribution < -0.4 is 9.46 Å². The largest absolute Gasteiger partial charge is 0.497 e. The number of piperazine rings is 1. The molecular weight excluding hydrogens is 614 g/mol. The number of ether oxygens (including phenoxy) is 1. The normalized spacial score (nSPS) is 24.8. The molecule has 47 heavy (non-hydrogen) atoms. The van der Waals surface area contributed by atoms with Crippen LogP contribution in [0.5, 0.6) is 5.75 Å². The monoisotopic (exact) mass is 661 g/mol. The lowest BCUT2D eigenvalue weighted by molar-refractivity contribution is -0.142. The van der Waals surface area contributed by atoms with Crippen molar-refractivity contribution in [2.45, 2.75) is 76.3 Å². The minimum Gasteiger partial charge on any atom is -0.497 e. The van der Waals surface area contributed by atoms with Gasteiger partial charge in [-0.3, -0.25) is 9.59 Å². The van der Waals surface area contributed by atoms with Gasteiger partial charge in [0.15, 0.2) is 0 Å². The summed E-state index contributed by atoms with van der Waals surface area (Å²) in [4.78, 5) is 32.7. The molecule has 3 heterocycles. The lowest BCUT2D eigenvalue weighted by Gasteiger charge is -2.41. The molecule has 7 rings (SSSR count). The van der Waals surface area contributed by atoms with Gasteiger partial charge in [0.05, 0.1) is 18.2 Å². The number of methoxy groups -OCH3 is 1. The molecule has 2 amide bonds. The number of rotatable bonds is 7. The maximum absolute atomic E-state index is 14.9. The summed E-state index contributed by atoms with van der Waals surface area (Å²) in [6.45, 7) is 5.10. The molecule has 1 saturated heterocycles. The average molecular weight is 662 g/mol. The molecule has 3 fully saturated rings. The van der Waals surface area contributed by atoms with E-state index in [1.165, 1.54) is 38.9 Å².